The van der Waals surface area contributed by atoms with Crippen LogP contribution in [0.25, 0.3) is 0 Å². The first-order valence-corrected chi connectivity index (χ1v) is 4.95. The van der Waals surface area contributed by atoms with Crippen LogP contribution in [0, 0.1) is 18.3 Å². The zero-order valence-electron chi connectivity index (χ0n) is 9.95. The molecule has 0 saturated carbocycles. The fourth-order valence-corrected chi connectivity index (χ4v) is 1.16. The van der Waals surface area contributed by atoms with Crippen LogP contribution in [0.5, 0.6) is 0 Å². The van der Waals surface area contributed by atoms with Gasteiger partial charge in [0.2, 0.25) is 0 Å². The third-order valence-electron chi connectivity index (χ3n) is 2.33. The van der Waals surface area contributed by atoms with Gasteiger partial charge in [-0.05, 0) is 6.92 Å². The fraction of sp³-hybridized carbons (Fsp3) is 0.444. The standard InChI is InChI=1S/C9H5F7N4O/c1-3-4(2-17)5(20-19-3)18-6(21)7(10,11)8(12,13)9(14,15)16/h1H3,(H2,18,19,20,21). The van der Waals surface area contributed by atoms with Gasteiger partial charge in [0, 0.05) is 0 Å². The number of hydrogen-bond acceptors (Lipinski definition) is 3. The predicted molar refractivity (Wildman–Crippen MR) is 52.6 cm³/mol. The minimum absolute atomic E-state index is 0.00121. The molecule has 0 unspecified atom stereocenters. The largest absolute Gasteiger partial charge is 0.460 e. The zero-order valence-corrected chi connectivity index (χ0v) is 9.95. The van der Waals surface area contributed by atoms with Gasteiger partial charge in [0.1, 0.15) is 11.6 Å². The van der Waals surface area contributed by atoms with E-state index in [0.29, 0.717) is 0 Å². The number of aromatic amines is 1. The second-order valence-corrected chi connectivity index (χ2v) is 3.78. The molecular formula is C9H5F7N4O. The summed E-state index contributed by atoms with van der Waals surface area (Å²) >= 11 is 0. The van der Waals surface area contributed by atoms with E-state index in [0.717, 1.165) is 5.32 Å². The van der Waals surface area contributed by atoms with Gasteiger partial charge < -0.3 is 5.32 Å². The van der Waals surface area contributed by atoms with Crippen LogP contribution in [0.15, 0.2) is 0 Å². The Bertz CT molecular complexity index is 598. The van der Waals surface area contributed by atoms with Crippen LogP contribution in [0.3, 0.4) is 0 Å². The minimum atomic E-state index is -6.63. The SMILES string of the molecule is Cc1[nH]nc(NC(=O)C(F)(F)C(F)(F)C(F)(F)F)c1C#N. The molecule has 1 amide bonds. The lowest BCUT2D eigenvalue weighted by Crippen LogP contribution is -2.57. The molecule has 12 heteroatoms. The highest BCUT2D eigenvalue weighted by Gasteiger charge is 2.76. The molecule has 0 aliphatic heterocycles. The summed E-state index contributed by atoms with van der Waals surface area (Å²) in [5.41, 5.74) is -0.479. The van der Waals surface area contributed by atoms with Gasteiger partial charge in [-0.1, -0.05) is 0 Å². The third kappa shape index (κ3) is 2.63. The molecule has 0 atom stereocenters. The van der Waals surface area contributed by atoms with Crippen LogP contribution in [0.1, 0.15) is 11.3 Å². The molecule has 116 valence electrons. The van der Waals surface area contributed by atoms with E-state index in [-0.39, 0.29) is 5.69 Å². The van der Waals surface area contributed by atoms with Crippen molar-refractivity contribution in [3.63, 3.8) is 0 Å². The normalized spacial score (nSPS) is 12.9. The summed E-state index contributed by atoms with van der Waals surface area (Å²) in [4.78, 5) is 11.0. The molecular weight excluding hydrogens is 313 g/mol. The van der Waals surface area contributed by atoms with E-state index >= 15 is 0 Å². The highest BCUT2D eigenvalue weighted by Crippen LogP contribution is 2.46. The molecule has 1 rings (SSSR count). The number of rotatable bonds is 3. The number of halogens is 7. The van der Waals surface area contributed by atoms with Gasteiger partial charge in [-0.15, -0.1) is 0 Å². The van der Waals surface area contributed by atoms with Crippen molar-refractivity contribution in [3.05, 3.63) is 11.3 Å². The zero-order chi connectivity index (χ0) is 16.6. The van der Waals surface area contributed by atoms with E-state index in [4.69, 9.17) is 5.26 Å². The molecule has 21 heavy (non-hydrogen) atoms. The van der Waals surface area contributed by atoms with Crippen molar-refractivity contribution in [2.75, 3.05) is 5.32 Å². The molecule has 0 aliphatic carbocycles. The Labute approximate surface area is 111 Å². The van der Waals surface area contributed by atoms with Crippen molar-refractivity contribution in [3.8, 4) is 6.07 Å². The highest BCUT2D eigenvalue weighted by molar-refractivity contribution is 5.97. The van der Waals surface area contributed by atoms with Crippen LogP contribution in [-0.4, -0.2) is 34.1 Å². The van der Waals surface area contributed by atoms with Gasteiger partial charge in [0.05, 0.1) is 5.69 Å². The van der Waals surface area contributed by atoms with Crippen LogP contribution < -0.4 is 5.32 Å². The molecule has 1 heterocycles. The van der Waals surface area contributed by atoms with Gasteiger partial charge in [-0.2, -0.15) is 41.1 Å². The highest BCUT2D eigenvalue weighted by atomic mass is 19.4. The second-order valence-electron chi connectivity index (χ2n) is 3.78. The average Bonchev–Trinajstić information content (AvgIpc) is 2.67. The van der Waals surface area contributed by atoms with Crippen LogP contribution >= 0.6 is 0 Å². The van der Waals surface area contributed by atoms with Crippen LogP contribution in [0.2, 0.25) is 0 Å². The smallest absolute Gasteiger partial charge is 0.303 e. The first-order chi connectivity index (χ1) is 9.36. The van der Waals surface area contributed by atoms with E-state index in [1.165, 1.54) is 13.0 Å². The molecule has 1 aromatic rings. The van der Waals surface area contributed by atoms with Gasteiger partial charge in [-0.25, -0.2) is 0 Å². The molecule has 0 saturated heterocycles. The van der Waals surface area contributed by atoms with Crippen molar-refractivity contribution in [1.82, 2.24) is 10.2 Å². The number of anilines is 1. The summed E-state index contributed by atoms with van der Waals surface area (Å²) in [6.07, 6.45) is -6.63. The van der Waals surface area contributed by atoms with Crippen molar-refractivity contribution in [2.24, 2.45) is 0 Å². The summed E-state index contributed by atoms with van der Waals surface area (Å²) in [5, 5.41) is 14.9. The van der Waals surface area contributed by atoms with Gasteiger partial charge in [-0.3, -0.25) is 9.89 Å². The number of amides is 1. The van der Waals surface area contributed by atoms with E-state index in [9.17, 15) is 35.5 Å². The number of carbonyl (C=O) groups excluding carboxylic acids is 1. The third-order valence-corrected chi connectivity index (χ3v) is 2.33. The second kappa shape index (κ2) is 4.90. The number of nitriles is 1. The molecule has 0 aromatic carbocycles. The Balaban J connectivity index is 3.11. The number of hydrogen-bond donors (Lipinski definition) is 2. The van der Waals surface area contributed by atoms with E-state index in [1.807, 2.05) is 0 Å². The fourth-order valence-electron chi connectivity index (χ4n) is 1.16. The maximum Gasteiger partial charge on any atom is 0.460 e. The minimum Gasteiger partial charge on any atom is -0.303 e. The summed E-state index contributed by atoms with van der Waals surface area (Å²) in [5.74, 6) is -16.5. The number of alkyl halides is 7. The molecule has 5 nitrogen and oxygen atoms in total. The molecule has 0 spiro atoms. The average molecular weight is 318 g/mol. The Morgan fingerprint density at radius 2 is 1.76 bits per heavy atom. The summed E-state index contributed by atoms with van der Waals surface area (Å²) in [6, 6.07) is 1.41. The number of H-pyrrole nitrogens is 1. The number of nitrogens with one attached hydrogen (secondary N) is 2. The summed E-state index contributed by atoms with van der Waals surface area (Å²) < 4.78 is 87.0. The van der Waals surface area contributed by atoms with Crippen molar-refractivity contribution in [2.45, 2.75) is 24.9 Å². The molecule has 0 radical (unpaired) electrons. The lowest BCUT2D eigenvalue weighted by atomic mass is 10.1. The number of aryl methyl sites for hydroxylation is 1. The Morgan fingerprint density at radius 3 is 2.19 bits per heavy atom. The van der Waals surface area contributed by atoms with Crippen LogP contribution in [0.4, 0.5) is 36.6 Å². The lowest BCUT2D eigenvalue weighted by Gasteiger charge is -2.26. The van der Waals surface area contributed by atoms with Gasteiger partial charge in [0.25, 0.3) is 0 Å². The molecule has 0 bridgehead atoms. The first kappa shape index (κ1) is 16.7. The number of carbonyl (C=O) groups is 1. The Hall–Kier alpha value is -2.32. The number of aromatic nitrogens is 2. The topological polar surface area (TPSA) is 81.6 Å². The van der Waals surface area contributed by atoms with Crippen LogP contribution in [-0.2, 0) is 4.79 Å². The molecule has 2 N–H and O–H groups in total. The van der Waals surface area contributed by atoms with Crippen molar-refractivity contribution < 1.29 is 35.5 Å². The molecule has 1 aromatic heterocycles. The predicted octanol–water partition coefficient (Wildman–Crippen LogP) is 2.36. The maximum absolute atomic E-state index is 13.0. The Kier molecular flexibility index (Phi) is 3.91. The van der Waals surface area contributed by atoms with Gasteiger partial charge >= 0.3 is 23.9 Å². The van der Waals surface area contributed by atoms with Crippen molar-refractivity contribution >= 4 is 11.7 Å². The Morgan fingerprint density at radius 1 is 1.24 bits per heavy atom. The summed E-state index contributed by atoms with van der Waals surface area (Å²) in [6.45, 7) is 1.24. The van der Waals surface area contributed by atoms with Gasteiger partial charge in [0.15, 0.2) is 5.82 Å². The molecule has 0 fully saturated rings. The molecule has 0 aliphatic rings. The van der Waals surface area contributed by atoms with Crippen molar-refractivity contribution in [1.29, 1.82) is 5.26 Å². The number of nitrogens with zero attached hydrogens (tertiary/aromatic N) is 2. The van der Waals surface area contributed by atoms with E-state index in [2.05, 4.69) is 10.2 Å². The monoisotopic (exact) mass is 318 g/mol. The quantitative estimate of drug-likeness (QED) is 0.840. The summed E-state index contributed by atoms with van der Waals surface area (Å²) in [7, 11) is 0. The maximum atomic E-state index is 13.0. The lowest BCUT2D eigenvalue weighted by molar-refractivity contribution is -0.343. The van der Waals surface area contributed by atoms with E-state index < -0.39 is 35.3 Å². The van der Waals surface area contributed by atoms with E-state index in [1.54, 1.807) is 0 Å². The first-order valence-electron chi connectivity index (χ1n) is 4.95.